The lowest BCUT2D eigenvalue weighted by Gasteiger charge is -2.34. The van der Waals surface area contributed by atoms with Crippen molar-refractivity contribution in [3.8, 4) is 50.3 Å². The molecule has 2 aromatic heterocycles. The van der Waals surface area contributed by atoms with Gasteiger partial charge in [0.1, 0.15) is 0 Å². The number of hydrogen-bond donors (Lipinski definition) is 0. The molecule has 12 aromatic rings. The van der Waals surface area contributed by atoms with E-state index in [2.05, 4.69) is 247 Å². The van der Waals surface area contributed by atoms with Crippen molar-refractivity contribution in [1.29, 1.82) is 0 Å². The number of pyridine rings is 1. The Balaban J connectivity index is 0.987. The molecule has 0 spiro atoms. The molecule has 2 heteroatoms. The Bertz CT molecular complexity index is 3700. The number of benzene rings is 10. The third-order valence-corrected chi connectivity index (χ3v) is 13.7. The molecule has 1 aliphatic carbocycles. The lowest BCUT2D eigenvalue weighted by Crippen LogP contribution is -2.28. The summed E-state index contributed by atoms with van der Waals surface area (Å²) >= 11 is 0. The van der Waals surface area contributed by atoms with E-state index in [1.54, 1.807) is 0 Å². The molecule has 2 nitrogen and oxygen atoms in total. The third kappa shape index (κ3) is 5.30. The van der Waals surface area contributed by atoms with Crippen LogP contribution < -0.4 is 0 Å². The summed E-state index contributed by atoms with van der Waals surface area (Å²) in [6.07, 6.45) is 0. The fourth-order valence-electron chi connectivity index (χ4n) is 10.9. The number of nitrogens with zero attached hydrogens (tertiary/aromatic N) is 2. The molecule has 0 atom stereocenters. The zero-order valence-corrected chi connectivity index (χ0v) is 35.0. The molecular weight excluding hydrogens is 773 g/mol. The number of rotatable bonds is 6. The number of fused-ring (bicyclic) bond motifs is 10. The maximum atomic E-state index is 5.69. The first-order valence-electron chi connectivity index (χ1n) is 22.1. The van der Waals surface area contributed by atoms with Crippen LogP contribution in [0.5, 0.6) is 0 Å². The van der Waals surface area contributed by atoms with Crippen LogP contribution in [-0.4, -0.2) is 9.55 Å². The highest BCUT2D eigenvalue weighted by molar-refractivity contribution is 6.29. The number of hydrogen-bond acceptors (Lipinski definition) is 1. The molecule has 64 heavy (non-hydrogen) atoms. The summed E-state index contributed by atoms with van der Waals surface area (Å²) in [6, 6.07) is 88.7. The van der Waals surface area contributed by atoms with E-state index in [1.807, 2.05) is 0 Å². The quantitative estimate of drug-likeness (QED) is 0.153. The molecule has 0 unspecified atom stereocenters. The molecule has 298 valence electrons. The molecule has 0 aliphatic heterocycles. The SMILES string of the molecule is c1ccc(-c2nc3c(-c4ccc(-c5ccc6c(c5)C(c5ccccc5)(c5ccccc5)c5ccccc5-6)cc4)cccc3c3ccc4c(c5ccccc5n4-c4ccccc4)c23)cc1. The minimum absolute atomic E-state index is 0.444. The highest BCUT2D eigenvalue weighted by atomic mass is 15.0. The maximum Gasteiger partial charge on any atom is 0.0795 e. The van der Waals surface area contributed by atoms with Gasteiger partial charge in [-0.1, -0.05) is 212 Å². The second-order valence-electron chi connectivity index (χ2n) is 17.0. The Labute approximate surface area is 372 Å². The van der Waals surface area contributed by atoms with Gasteiger partial charge in [-0.3, -0.25) is 0 Å². The van der Waals surface area contributed by atoms with Crippen LogP contribution in [0.4, 0.5) is 0 Å². The Morgan fingerprint density at radius 3 is 1.66 bits per heavy atom. The van der Waals surface area contributed by atoms with E-state index < -0.39 is 5.41 Å². The van der Waals surface area contributed by atoms with Gasteiger partial charge < -0.3 is 4.57 Å². The molecule has 0 fully saturated rings. The summed E-state index contributed by atoms with van der Waals surface area (Å²) in [5, 5.41) is 5.96. The van der Waals surface area contributed by atoms with Crippen LogP contribution in [0.2, 0.25) is 0 Å². The van der Waals surface area contributed by atoms with Crippen LogP contribution in [0.15, 0.2) is 243 Å². The van der Waals surface area contributed by atoms with E-state index in [1.165, 1.54) is 77.1 Å². The molecule has 0 amide bonds. The highest BCUT2D eigenvalue weighted by Gasteiger charge is 2.46. The topological polar surface area (TPSA) is 17.8 Å². The monoisotopic (exact) mass is 812 g/mol. The summed E-state index contributed by atoms with van der Waals surface area (Å²) in [5.41, 5.74) is 18.5. The van der Waals surface area contributed by atoms with Crippen LogP contribution in [0.25, 0.3) is 93.8 Å². The van der Waals surface area contributed by atoms with Gasteiger partial charge in [0.05, 0.1) is 27.7 Å². The summed E-state index contributed by atoms with van der Waals surface area (Å²) < 4.78 is 2.39. The number of aromatic nitrogens is 2. The van der Waals surface area contributed by atoms with Gasteiger partial charge >= 0.3 is 0 Å². The van der Waals surface area contributed by atoms with Gasteiger partial charge in [-0.15, -0.1) is 0 Å². The van der Waals surface area contributed by atoms with Crippen molar-refractivity contribution >= 4 is 43.5 Å². The lowest BCUT2D eigenvalue weighted by molar-refractivity contribution is 0.769. The Hall–Kier alpha value is -8.33. The van der Waals surface area contributed by atoms with Crippen LogP contribution in [0, 0.1) is 0 Å². The molecule has 0 bridgehead atoms. The molecule has 1 aliphatic rings. The summed E-state index contributed by atoms with van der Waals surface area (Å²) in [4.78, 5) is 5.69. The zero-order chi connectivity index (χ0) is 42.2. The second kappa shape index (κ2) is 14.4. The molecule has 13 rings (SSSR count). The van der Waals surface area contributed by atoms with Crippen molar-refractivity contribution in [2.24, 2.45) is 0 Å². The van der Waals surface area contributed by atoms with Gasteiger partial charge in [0.25, 0.3) is 0 Å². The Morgan fingerprint density at radius 1 is 0.328 bits per heavy atom. The van der Waals surface area contributed by atoms with Gasteiger partial charge in [0.15, 0.2) is 0 Å². The van der Waals surface area contributed by atoms with E-state index in [0.717, 1.165) is 39.0 Å². The minimum atomic E-state index is -0.444. The average molecular weight is 813 g/mol. The molecule has 0 radical (unpaired) electrons. The van der Waals surface area contributed by atoms with Crippen LogP contribution in [0.3, 0.4) is 0 Å². The first kappa shape index (κ1) is 36.3. The van der Waals surface area contributed by atoms with Crippen LogP contribution in [-0.2, 0) is 5.41 Å². The third-order valence-electron chi connectivity index (χ3n) is 13.7. The van der Waals surface area contributed by atoms with Crippen molar-refractivity contribution in [3.63, 3.8) is 0 Å². The number of para-hydroxylation sites is 3. The fourth-order valence-corrected chi connectivity index (χ4v) is 10.9. The van der Waals surface area contributed by atoms with Crippen LogP contribution >= 0.6 is 0 Å². The molecule has 0 saturated carbocycles. The Kier molecular flexibility index (Phi) is 8.16. The smallest absolute Gasteiger partial charge is 0.0795 e. The lowest BCUT2D eigenvalue weighted by atomic mass is 9.67. The van der Waals surface area contributed by atoms with Gasteiger partial charge in [-0.25, -0.2) is 4.98 Å². The summed E-state index contributed by atoms with van der Waals surface area (Å²) in [6.45, 7) is 0. The van der Waals surface area contributed by atoms with Crippen molar-refractivity contribution in [2.45, 2.75) is 5.41 Å². The van der Waals surface area contributed by atoms with Crippen molar-refractivity contribution in [2.75, 3.05) is 0 Å². The molecule has 0 saturated heterocycles. The first-order chi connectivity index (χ1) is 31.8. The molecule has 0 N–H and O–H groups in total. The fraction of sp³-hybridized carbons (Fsp3) is 0.0161. The molecule has 10 aromatic carbocycles. The van der Waals surface area contributed by atoms with Gasteiger partial charge in [-0.2, -0.15) is 0 Å². The van der Waals surface area contributed by atoms with E-state index in [-0.39, 0.29) is 0 Å². The summed E-state index contributed by atoms with van der Waals surface area (Å²) in [7, 11) is 0. The molecule has 2 heterocycles. The second-order valence-corrected chi connectivity index (χ2v) is 17.0. The van der Waals surface area contributed by atoms with E-state index in [9.17, 15) is 0 Å². The van der Waals surface area contributed by atoms with Gasteiger partial charge in [0.2, 0.25) is 0 Å². The predicted octanol–water partition coefficient (Wildman–Crippen LogP) is 15.8. The normalized spacial score (nSPS) is 12.8. The van der Waals surface area contributed by atoms with Crippen molar-refractivity contribution in [1.82, 2.24) is 9.55 Å². The predicted molar refractivity (Wildman–Crippen MR) is 267 cm³/mol. The largest absolute Gasteiger partial charge is 0.309 e. The van der Waals surface area contributed by atoms with Gasteiger partial charge in [-0.05, 0) is 85.8 Å². The average Bonchev–Trinajstić information content (AvgIpc) is 3.88. The Morgan fingerprint density at radius 2 is 0.906 bits per heavy atom. The molecular formula is C62H40N2. The van der Waals surface area contributed by atoms with E-state index in [0.29, 0.717) is 0 Å². The van der Waals surface area contributed by atoms with E-state index >= 15 is 0 Å². The van der Waals surface area contributed by atoms with Crippen molar-refractivity contribution in [3.05, 3.63) is 265 Å². The summed E-state index contributed by atoms with van der Waals surface area (Å²) in [5.74, 6) is 0. The van der Waals surface area contributed by atoms with E-state index in [4.69, 9.17) is 4.98 Å². The first-order valence-corrected chi connectivity index (χ1v) is 22.1. The van der Waals surface area contributed by atoms with Gasteiger partial charge in [0, 0.05) is 38.4 Å². The maximum absolute atomic E-state index is 5.69. The highest BCUT2D eigenvalue weighted by Crippen LogP contribution is 2.57. The van der Waals surface area contributed by atoms with Crippen molar-refractivity contribution < 1.29 is 0 Å². The zero-order valence-electron chi connectivity index (χ0n) is 35.0. The minimum Gasteiger partial charge on any atom is -0.309 e. The standard InChI is InChI=1S/C62H40N2/c1-5-18-43(19-6-1)60-59-51(38-39-57-58(59)53-27-14-16-31-56(53)64(57)47-24-11-4-12-25-47)52-29-17-28-48(61(52)63-60)42-34-32-41(33-35-42)44-36-37-50-49-26-13-15-30-54(49)62(55(50)40-44,45-20-7-2-8-21-45)46-22-9-3-10-23-46/h1-40H. The van der Waals surface area contributed by atoms with Crippen LogP contribution in [0.1, 0.15) is 22.3 Å².